The first-order valence-corrected chi connectivity index (χ1v) is 7.75. The van der Waals surface area contributed by atoms with Gasteiger partial charge in [-0.3, -0.25) is 4.79 Å². The number of esters is 1. The highest BCUT2D eigenvalue weighted by Gasteiger charge is 2.47. The zero-order valence-electron chi connectivity index (χ0n) is 10.8. The molecule has 3 nitrogen and oxygen atoms in total. The summed E-state index contributed by atoms with van der Waals surface area (Å²) in [6.45, 7) is 0. The van der Waals surface area contributed by atoms with Crippen LogP contribution in [0.5, 0.6) is 0 Å². The first-order chi connectivity index (χ1) is 9.19. The van der Waals surface area contributed by atoms with E-state index in [1.54, 1.807) is 0 Å². The van der Waals surface area contributed by atoms with Gasteiger partial charge < -0.3 is 9.47 Å². The minimum atomic E-state index is -0.149. The van der Waals surface area contributed by atoms with Crippen molar-refractivity contribution in [1.82, 2.24) is 0 Å². The molecule has 0 N–H and O–H groups in total. The van der Waals surface area contributed by atoms with Gasteiger partial charge in [0.2, 0.25) is 0 Å². The zero-order chi connectivity index (χ0) is 13.4. The fraction of sp³-hybridized carbons (Fsp3) is 0.533. The molecule has 1 unspecified atom stereocenters. The lowest BCUT2D eigenvalue weighted by Gasteiger charge is -2.35. The molecule has 1 aromatic carbocycles. The van der Waals surface area contributed by atoms with Crippen LogP contribution in [0, 0.1) is 9.49 Å². The van der Waals surface area contributed by atoms with Crippen molar-refractivity contribution in [2.75, 3.05) is 7.11 Å². The molecule has 2 fully saturated rings. The van der Waals surface area contributed by atoms with Gasteiger partial charge in [-0.1, -0.05) is 12.1 Å². The Morgan fingerprint density at radius 1 is 1.32 bits per heavy atom. The molecule has 2 heterocycles. The van der Waals surface area contributed by atoms with Gasteiger partial charge in [0, 0.05) is 9.49 Å². The Hall–Kier alpha value is -0.620. The minimum Gasteiger partial charge on any atom is -0.469 e. The van der Waals surface area contributed by atoms with Gasteiger partial charge in [0.05, 0.1) is 25.2 Å². The summed E-state index contributed by atoms with van der Waals surface area (Å²) in [5, 5.41) is 0. The van der Waals surface area contributed by atoms with E-state index in [4.69, 9.17) is 9.47 Å². The van der Waals surface area contributed by atoms with Crippen LogP contribution in [0.2, 0.25) is 0 Å². The van der Waals surface area contributed by atoms with Crippen LogP contribution in [-0.2, 0) is 14.3 Å². The monoisotopic (exact) mass is 372 g/mol. The first-order valence-electron chi connectivity index (χ1n) is 6.68. The second kappa shape index (κ2) is 5.40. The lowest BCUT2D eigenvalue weighted by Crippen LogP contribution is -2.39. The van der Waals surface area contributed by atoms with Gasteiger partial charge >= 0.3 is 5.97 Å². The number of rotatable bonds is 2. The molecule has 0 saturated carbocycles. The molecule has 0 aliphatic carbocycles. The zero-order valence-corrected chi connectivity index (χ0v) is 13.0. The molecule has 0 amide bonds. The average Bonchev–Trinajstić information content (AvgIpc) is 2.80. The van der Waals surface area contributed by atoms with E-state index in [-0.39, 0.29) is 23.9 Å². The molecular weight excluding hydrogens is 355 g/mol. The van der Waals surface area contributed by atoms with Crippen LogP contribution < -0.4 is 0 Å². The van der Waals surface area contributed by atoms with Gasteiger partial charge in [0.15, 0.2) is 0 Å². The van der Waals surface area contributed by atoms with Crippen molar-refractivity contribution in [3.8, 4) is 0 Å². The van der Waals surface area contributed by atoms with Gasteiger partial charge in [-0.05, 0) is 59.5 Å². The van der Waals surface area contributed by atoms with E-state index in [2.05, 4.69) is 46.9 Å². The normalized spacial score (nSPS) is 33.2. The number of benzene rings is 1. The van der Waals surface area contributed by atoms with E-state index < -0.39 is 0 Å². The van der Waals surface area contributed by atoms with E-state index in [0.717, 1.165) is 19.3 Å². The maximum Gasteiger partial charge on any atom is 0.311 e. The number of carbonyl (C=O) groups excluding carboxylic acids is 1. The van der Waals surface area contributed by atoms with Crippen LogP contribution in [0.15, 0.2) is 24.3 Å². The number of halogens is 1. The molecule has 2 saturated heterocycles. The molecule has 1 aromatic rings. The molecule has 19 heavy (non-hydrogen) atoms. The van der Waals surface area contributed by atoms with Crippen LogP contribution in [0.3, 0.4) is 0 Å². The fourth-order valence-corrected chi connectivity index (χ4v) is 3.73. The number of hydrogen-bond acceptors (Lipinski definition) is 3. The van der Waals surface area contributed by atoms with Crippen molar-refractivity contribution in [2.24, 2.45) is 5.92 Å². The molecule has 4 heteroatoms. The maximum absolute atomic E-state index is 12.1. The summed E-state index contributed by atoms with van der Waals surface area (Å²) >= 11 is 2.30. The molecule has 102 valence electrons. The highest BCUT2D eigenvalue weighted by atomic mass is 127. The standard InChI is InChI=1S/C15H17IO3/c1-18-15(17)14-12(8-11-6-7-13(14)19-11)9-2-4-10(16)5-3-9/h2-5,11-14H,6-8H2,1H3/t11?,12-,13+,14+/m1/s1. The lowest BCUT2D eigenvalue weighted by molar-refractivity contribution is -0.156. The Bertz CT molecular complexity index is 471. The molecule has 2 bridgehead atoms. The maximum atomic E-state index is 12.1. The Balaban J connectivity index is 1.92. The van der Waals surface area contributed by atoms with Crippen LogP contribution in [0.1, 0.15) is 30.7 Å². The van der Waals surface area contributed by atoms with E-state index in [1.165, 1.54) is 16.2 Å². The summed E-state index contributed by atoms with van der Waals surface area (Å²) in [5.74, 6) is -0.0478. The third-order valence-corrected chi connectivity index (χ3v) is 4.98. The summed E-state index contributed by atoms with van der Waals surface area (Å²) in [6.07, 6.45) is 3.33. The topological polar surface area (TPSA) is 35.5 Å². The van der Waals surface area contributed by atoms with Gasteiger partial charge in [-0.15, -0.1) is 0 Å². The Morgan fingerprint density at radius 2 is 2.05 bits per heavy atom. The van der Waals surface area contributed by atoms with Gasteiger partial charge in [-0.25, -0.2) is 0 Å². The second-order valence-electron chi connectivity index (χ2n) is 5.32. The minimum absolute atomic E-state index is 0.0375. The largest absolute Gasteiger partial charge is 0.469 e. The number of hydrogen-bond donors (Lipinski definition) is 0. The molecule has 2 aliphatic rings. The summed E-state index contributed by atoms with van der Waals surface area (Å²) in [7, 11) is 1.47. The van der Waals surface area contributed by atoms with Gasteiger partial charge in [0.1, 0.15) is 0 Å². The molecule has 4 atom stereocenters. The predicted octanol–water partition coefficient (Wildman–Crippen LogP) is 3.12. The molecule has 0 spiro atoms. The van der Waals surface area contributed by atoms with Crippen LogP contribution in [0.25, 0.3) is 0 Å². The highest BCUT2D eigenvalue weighted by molar-refractivity contribution is 14.1. The summed E-state index contributed by atoms with van der Waals surface area (Å²) in [4.78, 5) is 12.1. The van der Waals surface area contributed by atoms with Crippen molar-refractivity contribution in [3.05, 3.63) is 33.4 Å². The number of ether oxygens (including phenoxy) is 2. The quantitative estimate of drug-likeness (QED) is 0.591. The lowest BCUT2D eigenvalue weighted by atomic mass is 9.79. The Kier molecular flexibility index (Phi) is 3.80. The van der Waals surface area contributed by atoms with E-state index >= 15 is 0 Å². The second-order valence-corrected chi connectivity index (χ2v) is 6.56. The third-order valence-electron chi connectivity index (χ3n) is 4.26. The Labute approximate surface area is 126 Å². The molecule has 0 aromatic heterocycles. The molecule has 2 aliphatic heterocycles. The van der Waals surface area contributed by atoms with Crippen molar-refractivity contribution in [1.29, 1.82) is 0 Å². The highest BCUT2D eigenvalue weighted by Crippen LogP contribution is 2.45. The molecular formula is C15H17IO3. The summed E-state index contributed by atoms with van der Waals surface area (Å²) in [6, 6.07) is 8.46. The number of carbonyl (C=O) groups is 1. The van der Waals surface area contributed by atoms with E-state index in [9.17, 15) is 4.79 Å². The number of fused-ring (bicyclic) bond motifs is 2. The van der Waals surface area contributed by atoms with Gasteiger partial charge in [-0.2, -0.15) is 0 Å². The van der Waals surface area contributed by atoms with Crippen molar-refractivity contribution in [3.63, 3.8) is 0 Å². The van der Waals surface area contributed by atoms with Gasteiger partial charge in [0.25, 0.3) is 0 Å². The SMILES string of the molecule is COC(=O)[C@@H]1[C@@H]2CCC(C[C@@H]1c1ccc(I)cc1)O2. The van der Waals surface area contributed by atoms with E-state index in [1.807, 2.05) is 0 Å². The van der Waals surface area contributed by atoms with E-state index in [0.29, 0.717) is 6.10 Å². The average molecular weight is 372 g/mol. The molecule has 0 radical (unpaired) electrons. The van der Waals surface area contributed by atoms with Crippen molar-refractivity contribution >= 4 is 28.6 Å². The predicted molar refractivity (Wildman–Crippen MR) is 79.9 cm³/mol. The fourth-order valence-electron chi connectivity index (χ4n) is 3.37. The smallest absolute Gasteiger partial charge is 0.311 e. The van der Waals surface area contributed by atoms with Crippen molar-refractivity contribution < 1.29 is 14.3 Å². The van der Waals surface area contributed by atoms with Crippen LogP contribution >= 0.6 is 22.6 Å². The molecule has 3 rings (SSSR count). The summed E-state index contributed by atoms with van der Waals surface area (Å²) < 4.78 is 12.1. The van der Waals surface area contributed by atoms with Crippen LogP contribution in [0.4, 0.5) is 0 Å². The number of methoxy groups -OCH3 is 1. The van der Waals surface area contributed by atoms with Crippen molar-refractivity contribution in [2.45, 2.75) is 37.4 Å². The first kappa shape index (κ1) is 13.4. The third kappa shape index (κ3) is 2.52. The Morgan fingerprint density at radius 3 is 2.74 bits per heavy atom. The summed E-state index contributed by atoms with van der Waals surface area (Å²) in [5.41, 5.74) is 1.23. The van der Waals surface area contributed by atoms with Crippen LogP contribution in [-0.4, -0.2) is 25.3 Å².